The molecule has 0 atom stereocenters. The first-order valence-electron chi connectivity index (χ1n) is 6.49. The van der Waals surface area contributed by atoms with Crippen molar-refractivity contribution in [3.8, 4) is 0 Å². The lowest BCUT2D eigenvalue weighted by molar-refractivity contribution is -0.137. The Morgan fingerprint density at radius 1 is 1.10 bits per heavy atom. The second kappa shape index (κ2) is 8.08. The maximum Gasteiger partial charge on any atom is 0.314 e. The van der Waals surface area contributed by atoms with Gasteiger partial charge in [-0.3, -0.25) is 4.79 Å². The number of amides is 2. The van der Waals surface area contributed by atoms with E-state index in [-0.39, 0.29) is 13.0 Å². The van der Waals surface area contributed by atoms with E-state index in [0.29, 0.717) is 19.4 Å². The van der Waals surface area contributed by atoms with E-state index in [1.807, 2.05) is 0 Å². The fourth-order valence-corrected chi connectivity index (χ4v) is 1.60. The summed E-state index contributed by atoms with van der Waals surface area (Å²) in [5.41, 5.74) is 0. The minimum Gasteiger partial charge on any atom is -0.481 e. The number of hydrogen-bond acceptors (Lipinski definition) is 4. The quantitative estimate of drug-likeness (QED) is 0.544. The van der Waals surface area contributed by atoms with Gasteiger partial charge >= 0.3 is 12.0 Å². The van der Waals surface area contributed by atoms with E-state index < -0.39 is 26.6 Å². The van der Waals surface area contributed by atoms with Crippen LogP contribution in [0, 0.1) is 0 Å². The van der Waals surface area contributed by atoms with Gasteiger partial charge in [-0.1, -0.05) is 6.42 Å². The lowest BCUT2D eigenvalue weighted by atomic mass is 10.2. The van der Waals surface area contributed by atoms with Gasteiger partial charge < -0.3 is 15.7 Å². The maximum absolute atomic E-state index is 11.4. The summed E-state index contributed by atoms with van der Waals surface area (Å²) in [5.74, 6) is -0.821. The zero-order valence-corrected chi connectivity index (χ0v) is 13.0. The Bertz CT molecular complexity index is 431. The number of carboxylic acid groups (broad SMARTS) is 1. The molecule has 0 aromatic heterocycles. The number of nitrogens with one attached hydrogen (secondary N) is 2. The molecule has 0 bridgehead atoms. The normalized spacial score (nSPS) is 11.9. The van der Waals surface area contributed by atoms with Gasteiger partial charge in [0.05, 0.1) is 4.75 Å². The van der Waals surface area contributed by atoms with Gasteiger partial charge in [0, 0.05) is 25.8 Å². The summed E-state index contributed by atoms with van der Waals surface area (Å²) in [6, 6.07) is -0.417. The number of sulfone groups is 1. The van der Waals surface area contributed by atoms with Gasteiger partial charge in [0.1, 0.15) is 0 Å². The van der Waals surface area contributed by atoms with Crippen LogP contribution in [-0.4, -0.2) is 49.6 Å². The molecule has 0 aromatic rings. The number of carbonyl (C=O) groups excluding carboxylic acids is 1. The molecule has 0 fully saturated rings. The molecule has 7 nitrogen and oxygen atoms in total. The summed E-state index contributed by atoms with van der Waals surface area (Å²) in [5, 5.41) is 13.6. The predicted molar refractivity (Wildman–Crippen MR) is 76.4 cm³/mol. The van der Waals surface area contributed by atoms with Crippen molar-refractivity contribution in [2.24, 2.45) is 0 Å². The smallest absolute Gasteiger partial charge is 0.314 e. The first kappa shape index (κ1) is 18.7. The van der Waals surface area contributed by atoms with Crippen molar-refractivity contribution in [3.63, 3.8) is 0 Å². The molecular weight excluding hydrogens is 284 g/mol. The minimum absolute atomic E-state index is 0.0384. The second-order valence-corrected chi connectivity index (χ2v) is 8.00. The summed E-state index contributed by atoms with van der Waals surface area (Å²) in [7, 11) is -3.24. The third-order valence-corrected chi connectivity index (χ3v) is 5.18. The van der Waals surface area contributed by atoms with Gasteiger partial charge in [0.2, 0.25) is 0 Å². The van der Waals surface area contributed by atoms with Gasteiger partial charge in [-0.15, -0.1) is 0 Å². The van der Waals surface area contributed by atoms with Crippen molar-refractivity contribution >= 4 is 21.8 Å². The highest BCUT2D eigenvalue weighted by atomic mass is 32.2. The van der Waals surface area contributed by atoms with Crippen LogP contribution in [0.25, 0.3) is 0 Å². The van der Waals surface area contributed by atoms with E-state index in [0.717, 1.165) is 12.7 Å². The highest BCUT2D eigenvalue weighted by molar-refractivity contribution is 7.92. The molecule has 0 unspecified atom stereocenters. The van der Waals surface area contributed by atoms with E-state index >= 15 is 0 Å². The third-order valence-electron chi connectivity index (χ3n) is 3.03. The van der Waals surface area contributed by atoms with Crippen molar-refractivity contribution in [2.75, 3.05) is 19.3 Å². The summed E-state index contributed by atoms with van der Waals surface area (Å²) in [4.78, 5) is 21.7. The molecule has 0 aliphatic carbocycles. The number of aliphatic carboxylic acids is 1. The lowest BCUT2D eigenvalue weighted by Gasteiger charge is -2.22. The fraction of sp³-hybridized carbons (Fsp3) is 0.833. The average molecular weight is 308 g/mol. The summed E-state index contributed by atoms with van der Waals surface area (Å²) in [6.07, 6.45) is 3.26. The maximum atomic E-state index is 11.4. The molecule has 8 heteroatoms. The minimum atomic E-state index is -3.24. The molecule has 0 aromatic carbocycles. The molecular formula is C12H24N2O5S. The highest BCUT2D eigenvalue weighted by Crippen LogP contribution is 2.13. The Hall–Kier alpha value is -1.31. The Morgan fingerprint density at radius 3 is 2.20 bits per heavy atom. The monoisotopic (exact) mass is 308 g/mol. The van der Waals surface area contributed by atoms with Gasteiger partial charge in [-0.25, -0.2) is 13.2 Å². The number of carboxylic acids is 1. The Kier molecular flexibility index (Phi) is 7.55. The lowest BCUT2D eigenvalue weighted by Crippen LogP contribution is -2.47. The first-order chi connectivity index (χ1) is 9.06. The van der Waals surface area contributed by atoms with E-state index in [1.165, 1.54) is 0 Å². The van der Waals surface area contributed by atoms with Crippen molar-refractivity contribution < 1.29 is 23.1 Å². The van der Waals surface area contributed by atoms with Crippen LogP contribution < -0.4 is 10.6 Å². The number of rotatable bonds is 9. The van der Waals surface area contributed by atoms with Crippen molar-refractivity contribution in [3.05, 3.63) is 0 Å². The van der Waals surface area contributed by atoms with Crippen molar-refractivity contribution in [1.29, 1.82) is 0 Å². The first-order valence-corrected chi connectivity index (χ1v) is 8.38. The highest BCUT2D eigenvalue weighted by Gasteiger charge is 2.30. The fourth-order valence-electron chi connectivity index (χ4n) is 1.27. The van der Waals surface area contributed by atoms with E-state index in [2.05, 4.69) is 10.6 Å². The second-order valence-electron chi connectivity index (χ2n) is 5.35. The Balaban J connectivity index is 3.78. The molecule has 0 saturated carbocycles. The van der Waals surface area contributed by atoms with Gasteiger partial charge in [0.25, 0.3) is 0 Å². The average Bonchev–Trinajstić information content (AvgIpc) is 2.29. The number of urea groups is 1. The van der Waals surface area contributed by atoms with Crippen molar-refractivity contribution in [1.82, 2.24) is 10.6 Å². The van der Waals surface area contributed by atoms with Crippen LogP contribution >= 0.6 is 0 Å². The van der Waals surface area contributed by atoms with Crippen LogP contribution in [0.1, 0.15) is 39.5 Å². The van der Waals surface area contributed by atoms with Crippen LogP contribution in [0.2, 0.25) is 0 Å². The Labute approximate surface area is 120 Å². The summed E-state index contributed by atoms with van der Waals surface area (Å²) in [6.45, 7) is 3.57. The molecule has 0 heterocycles. The molecule has 0 aliphatic rings. The van der Waals surface area contributed by atoms with Crippen LogP contribution in [0.3, 0.4) is 0 Å². The molecule has 0 radical (unpaired) electrons. The standard InChI is InChI=1S/C12H24N2O5S/c1-12(2,20(3,18)19)9-14-11(17)13-8-6-4-5-7-10(15)16/h4-9H2,1-3H3,(H,15,16)(H2,13,14,17). The Morgan fingerprint density at radius 2 is 1.70 bits per heavy atom. The van der Waals surface area contributed by atoms with E-state index in [1.54, 1.807) is 13.8 Å². The predicted octanol–water partition coefficient (Wildman–Crippen LogP) is 0.754. The van der Waals surface area contributed by atoms with Crippen LogP contribution in [0.4, 0.5) is 4.79 Å². The molecule has 0 rings (SSSR count). The molecule has 0 saturated heterocycles. The van der Waals surface area contributed by atoms with Crippen molar-refractivity contribution in [2.45, 2.75) is 44.3 Å². The van der Waals surface area contributed by atoms with Crippen LogP contribution in [-0.2, 0) is 14.6 Å². The summed E-state index contributed by atoms with van der Waals surface area (Å²) >= 11 is 0. The number of hydrogen-bond donors (Lipinski definition) is 3. The molecule has 118 valence electrons. The topological polar surface area (TPSA) is 113 Å². The number of unbranched alkanes of at least 4 members (excludes halogenated alkanes) is 2. The van der Waals surface area contributed by atoms with E-state index in [9.17, 15) is 18.0 Å². The third kappa shape index (κ3) is 7.98. The molecule has 3 N–H and O–H groups in total. The zero-order chi connectivity index (χ0) is 15.8. The summed E-state index contributed by atoms with van der Waals surface area (Å²) < 4.78 is 21.9. The molecule has 20 heavy (non-hydrogen) atoms. The SMILES string of the molecule is CC(C)(CNC(=O)NCCCCCC(=O)O)S(C)(=O)=O. The van der Waals surface area contributed by atoms with E-state index in [4.69, 9.17) is 5.11 Å². The van der Waals surface area contributed by atoms with Crippen LogP contribution in [0.5, 0.6) is 0 Å². The van der Waals surface area contributed by atoms with Gasteiger partial charge in [0.15, 0.2) is 9.84 Å². The largest absolute Gasteiger partial charge is 0.481 e. The molecule has 2 amide bonds. The zero-order valence-electron chi connectivity index (χ0n) is 12.2. The molecule has 0 aliphatic heterocycles. The molecule has 0 spiro atoms. The number of carbonyl (C=O) groups is 2. The van der Waals surface area contributed by atoms with Gasteiger partial charge in [-0.05, 0) is 26.7 Å². The van der Waals surface area contributed by atoms with Crippen LogP contribution in [0.15, 0.2) is 0 Å². The van der Waals surface area contributed by atoms with Gasteiger partial charge in [-0.2, -0.15) is 0 Å².